The Morgan fingerprint density at radius 3 is 2.88 bits per heavy atom. The van der Waals surface area contributed by atoms with Crippen LogP contribution in [0.25, 0.3) is 0 Å². The van der Waals surface area contributed by atoms with Crippen molar-refractivity contribution in [3.63, 3.8) is 0 Å². The van der Waals surface area contributed by atoms with Crippen LogP contribution >= 0.6 is 24.0 Å². The lowest BCUT2D eigenvalue weighted by Crippen LogP contribution is -2.19. The van der Waals surface area contributed by atoms with E-state index in [9.17, 15) is 0 Å². The molecule has 1 fully saturated rings. The SMILES string of the molecule is COc1ccc(OC[C@@H]2CC[C@H](CCn3ccnc3)O2)c(Cl)c1.Cl. The molecule has 0 amide bonds. The van der Waals surface area contributed by atoms with Crippen LogP contribution in [0.1, 0.15) is 19.3 Å². The summed E-state index contributed by atoms with van der Waals surface area (Å²) in [6, 6.07) is 5.41. The molecule has 5 nitrogen and oxygen atoms in total. The van der Waals surface area contributed by atoms with Crippen molar-refractivity contribution in [1.82, 2.24) is 9.55 Å². The summed E-state index contributed by atoms with van der Waals surface area (Å²) in [6.45, 7) is 1.45. The Balaban J connectivity index is 0.00000208. The zero-order valence-electron chi connectivity index (χ0n) is 13.6. The van der Waals surface area contributed by atoms with Gasteiger partial charge in [0.2, 0.25) is 0 Å². The van der Waals surface area contributed by atoms with Gasteiger partial charge in [0, 0.05) is 25.0 Å². The first kappa shape index (κ1) is 18.9. The summed E-state index contributed by atoms with van der Waals surface area (Å²) in [4.78, 5) is 4.05. The second kappa shape index (κ2) is 9.16. The van der Waals surface area contributed by atoms with Crippen molar-refractivity contribution in [2.24, 2.45) is 0 Å². The summed E-state index contributed by atoms with van der Waals surface area (Å²) in [6.07, 6.45) is 9.10. The maximum atomic E-state index is 6.17. The summed E-state index contributed by atoms with van der Waals surface area (Å²) in [7, 11) is 1.61. The maximum Gasteiger partial charge on any atom is 0.138 e. The van der Waals surface area contributed by atoms with Crippen molar-refractivity contribution in [2.75, 3.05) is 13.7 Å². The van der Waals surface area contributed by atoms with E-state index in [1.165, 1.54) is 0 Å². The number of nitrogens with zero attached hydrogens (tertiary/aromatic N) is 2. The Morgan fingerprint density at radius 2 is 2.17 bits per heavy atom. The number of ether oxygens (including phenoxy) is 3. The molecule has 132 valence electrons. The molecule has 1 aromatic carbocycles. The summed E-state index contributed by atoms with van der Waals surface area (Å²) in [5.41, 5.74) is 0. The van der Waals surface area contributed by atoms with Gasteiger partial charge in [-0.3, -0.25) is 0 Å². The number of methoxy groups -OCH3 is 1. The normalized spacial score (nSPS) is 19.8. The van der Waals surface area contributed by atoms with Gasteiger partial charge in [0.15, 0.2) is 0 Å². The number of rotatable bonds is 7. The van der Waals surface area contributed by atoms with Crippen LogP contribution in [0.5, 0.6) is 11.5 Å². The van der Waals surface area contributed by atoms with Crippen LogP contribution in [0.4, 0.5) is 0 Å². The summed E-state index contributed by atoms with van der Waals surface area (Å²) in [5, 5.41) is 0.555. The van der Waals surface area contributed by atoms with Crippen molar-refractivity contribution in [3.8, 4) is 11.5 Å². The average Bonchev–Trinajstić information content (AvgIpc) is 3.23. The molecule has 1 saturated heterocycles. The zero-order chi connectivity index (χ0) is 16.1. The predicted octanol–water partition coefficient (Wildman–Crippen LogP) is 3.98. The molecule has 2 atom stereocenters. The molecule has 0 unspecified atom stereocenters. The van der Waals surface area contributed by atoms with Gasteiger partial charge >= 0.3 is 0 Å². The van der Waals surface area contributed by atoms with Gasteiger partial charge in [0.05, 0.1) is 30.7 Å². The largest absolute Gasteiger partial charge is 0.497 e. The number of hydrogen-bond acceptors (Lipinski definition) is 4. The van der Waals surface area contributed by atoms with Crippen molar-refractivity contribution < 1.29 is 14.2 Å². The van der Waals surface area contributed by atoms with Gasteiger partial charge in [-0.25, -0.2) is 4.98 Å². The second-order valence-electron chi connectivity index (χ2n) is 5.65. The van der Waals surface area contributed by atoms with E-state index in [2.05, 4.69) is 9.55 Å². The van der Waals surface area contributed by atoms with Crippen LogP contribution in [-0.4, -0.2) is 35.5 Å². The molecule has 1 aromatic heterocycles. The highest BCUT2D eigenvalue weighted by Crippen LogP contribution is 2.30. The van der Waals surface area contributed by atoms with E-state index < -0.39 is 0 Å². The third kappa shape index (κ3) is 5.03. The third-order valence-corrected chi connectivity index (χ3v) is 4.32. The minimum absolute atomic E-state index is 0. The fourth-order valence-corrected chi connectivity index (χ4v) is 2.96. The van der Waals surface area contributed by atoms with E-state index in [0.29, 0.717) is 17.4 Å². The van der Waals surface area contributed by atoms with Crippen LogP contribution in [0, 0.1) is 0 Å². The fraction of sp³-hybridized carbons (Fsp3) is 0.471. The Bertz CT molecular complexity index is 622. The molecule has 0 saturated carbocycles. The van der Waals surface area contributed by atoms with Crippen LogP contribution in [-0.2, 0) is 11.3 Å². The van der Waals surface area contributed by atoms with Gasteiger partial charge < -0.3 is 18.8 Å². The molecule has 3 rings (SSSR count). The molecule has 0 N–H and O–H groups in total. The highest BCUT2D eigenvalue weighted by Gasteiger charge is 2.25. The Hall–Kier alpha value is -1.43. The Kier molecular flexibility index (Phi) is 7.21. The summed E-state index contributed by atoms with van der Waals surface area (Å²) >= 11 is 6.17. The predicted molar refractivity (Wildman–Crippen MR) is 95.5 cm³/mol. The highest BCUT2D eigenvalue weighted by atomic mass is 35.5. The van der Waals surface area contributed by atoms with E-state index in [0.717, 1.165) is 31.6 Å². The van der Waals surface area contributed by atoms with Gasteiger partial charge in [-0.1, -0.05) is 11.6 Å². The van der Waals surface area contributed by atoms with E-state index in [1.54, 1.807) is 19.4 Å². The maximum absolute atomic E-state index is 6.17. The topological polar surface area (TPSA) is 45.5 Å². The lowest BCUT2D eigenvalue weighted by molar-refractivity contribution is 0.0128. The molecule has 0 aliphatic carbocycles. The number of benzene rings is 1. The molecule has 1 aliphatic heterocycles. The Morgan fingerprint density at radius 1 is 1.33 bits per heavy atom. The van der Waals surface area contributed by atoms with Crippen LogP contribution in [0.15, 0.2) is 36.9 Å². The second-order valence-corrected chi connectivity index (χ2v) is 6.06. The summed E-state index contributed by atoms with van der Waals surface area (Å²) < 4.78 is 19.0. The molecule has 0 radical (unpaired) electrons. The molecule has 0 spiro atoms. The first-order chi connectivity index (χ1) is 11.2. The van der Waals surface area contributed by atoms with Crippen LogP contribution < -0.4 is 9.47 Å². The molecule has 24 heavy (non-hydrogen) atoms. The lowest BCUT2D eigenvalue weighted by atomic mass is 10.1. The molecule has 1 aliphatic rings. The van der Waals surface area contributed by atoms with Crippen LogP contribution in [0.3, 0.4) is 0 Å². The number of aryl methyl sites for hydroxylation is 1. The average molecular weight is 373 g/mol. The molecular formula is C17H22Cl2N2O3. The number of aromatic nitrogens is 2. The van der Waals surface area contributed by atoms with E-state index in [4.69, 9.17) is 25.8 Å². The minimum Gasteiger partial charge on any atom is -0.497 e. The molecule has 2 heterocycles. The molecule has 7 heteroatoms. The van der Waals surface area contributed by atoms with Crippen molar-refractivity contribution >= 4 is 24.0 Å². The van der Waals surface area contributed by atoms with Gasteiger partial charge in [0.1, 0.15) is 18.1 Å². The van der Waals surface area contributed by atoms with E-state index in [-0.39, 0.29) is 24.6 Å². The highest BCUT2D eigenvalue weighted by molar-refractivity contribution is 6.32. The quantitative estimate of drug-likeness (QED) is 0.737. The first-order valence-corrected chi connectivity index (χ1v) is 8.20. The van der Waals surface area contributed by atoms with Crippen molar-refractivity contribution in [2.45, 2.75) is 38.0 Å². The van der Waals surface area contributed by atoms with E-state index >= 15 is 0 Å². The number of hydrogen-bond donors (Lipinski definition) is 0. The van der Waals surface area contributed by atoms with Gasteiger partial charge in [-0.2, -0.15) is 0 Å². The fourth-order valence-electron chi connectivity index (χ4n) is 2.74. The smallest absolute Gasteiger partial charge is 0.138 e. The van der Waals surface area contributed by atoms with E-state index in [1.807, 2.05) is 24.7 Å². The number of halogens is 2. The lowest BCUT2D eigenvalue weighted by Gasteiger charge is -2.15. The van der Waals surface area contributed by atoms with Crippen LogP contribution in [0.2, 0.25) is 5.02 Å². The third-order valence-electron chi connectivity index (χ3n) is 4.03. The molecule has 2 aromatic rings. The molecular weight excluding hydrogens is 351 g/mol. The molecule has 0 bridgehead atoms. The Labute approximate surface area is 153 Å². The zero-order valence-corrected chi connectivity index (χ0v) is 15.1. The van der Waals surface area contributed by atoms with Gasteiger partial charge in [-0.05, 0) is 31.4 Å². The van der Waals surface area contributed by atoms with Gasteiger partial charge in [0.25, 0.3) is 0 Å². The standard InChI is InChI=1S/C17H21ClN2O3.ClH/c1-21-14-4-5-17(16(18)10-14)22-11-15-3-2-13(23-15)6-8-20-9-7-19-12-20;/h4-5,7,9-10,12-13,15H,2-3,6,8,11H2,1H3;1H/t13-,15+;/m1./s1. The number of imidazole rings is 1. The van der Waals surface area contributed by atoms with Crippen molar-refractivity contribution in [1.29, 1.82) is 0 Å². The minimum atomic E-state index is 0. The summed E-state index contributed by atoms with van der Waals surface area (Å²) in [5.74, 6) is 1.39. The monoisotopic (exact) mass is 372 g/mol. The van der Waals surface area contributed by atoms with Crippen molar-refractivity contribution in [3.05, 3.63) is 41.9 Å². The van der Waals surface area contributed by atoms with Gasteiger partial charge in [-0.15, -0.1) is 12.4 Å². The first-order valence-electron chi connectivity index (χ1n) is 7.82.